The van der Waals surface area contributed by atoms with Crippen molar-refractivity contribution in [2.75, 3.05) is 5.32 Å². The van der Waals surface area contributed by atoms with Gasteiger partial charge in [-0.3, -0.25) is 0 Å². The van der Waals surface area contributed by atoms with Gasteiger partial charge in [0.1, 0.15) is 12.4 Å². The lowest BCUT2D eigenvalue weighted by molar-refractivity contribution is 0.291. The SMILES string of the molecule is Brc1ccc(NCc2cccnc2OCc2ccccc2)nc1. The highest BCUT2D eigenvalue weighted by Gasteiger charge is 2.05. The molecule has 0 bridgehead atoms. The quantitative estimate of drug-likeness (QED) is 0.697. The molecule has 3 aromatic rings. The molecule has 116 valence electrons. The summed E-state index contributed by atoms with van der Waals surface area (Å²) in [6.45, 7) is 1.11. The molecule has 0 amide bonds. The Kier molecular flexibility index (Phi) is 5.21. The molecule has 2 aromatic heterocycles. The Bertz CT molecular complexity index is 748. The molecular weight excluding hydrogens is 354 g/mol. The maximum Gasteiger partial charge on any atom is 0.218 e. The van der Waals surface area contributed by atoms with Crippen LogP contribution in [0.3, 0.4) is 0 Å². The van der Waals surface area contributed by atoms with Crippen molar-refractivity contribution in [3.8, 4) is 5.88 Å². The number of aromatic nitrogens is 2. The Morgan fingerprint density at radius 3 is 2.61 bits per heavy atom. The molecule has 23 heavy (non-hydrogen) atoms. The first-order chi connectivity index (χ1) is 11.3. The smallest absolute Gasteiger partial charge is 0.218 e. The summed E-state index contributed by atoms with van der Waals surface area (Å²) in [5.41, 5.74) is 2.11. The molecule has 0 radical (unpaired) electrons. The number of pyridine rings is 2. The van der Waals surface area contributed by atoms with E-state index in [0.717, 1.165) is 21.4 Å². The summed E-state index contributed by atoms with van der Waals surface area (Å²) in [7, 11) is 0. The van der Waals surface area contributed by atoms with Crippen LogP contribution in [0, 0.1) is 0 Å². The van der Waals surface area contributed by atoms with Gasteiger partial charge in [0.05, 0.1) is 0 Å². The fourth-order valence-electron chi connectivity index (χ4n) is 2.08. The minimum absolute atomic E-state index is 0.501. The molecule has 4 nitrogen and oxygen atoms in total. The van der Waals surface area contributed by atoms with Crippen molar-refractivity contribution in [3.05, 3.63) is 82.6 Å². The van der Waals surface area contributed by atoms with Gasteiger partial charge in [0, 0.05) is 29.0 Å². The lowest BCUT2D eigenvalue weighted by Crippen LogP contribution is -2.05. The summed E-state index contributed by atoms with van der Waals surface area (Å²) in [6.07, 6.45) is 3.50. The van der Waals surface area contributed by atoms with Crippen LogP contribution in [0.1, 0.15) is 11.1 Å². The van der Waals surface area contributed by atoms with Crippen molar-refractivity contribution in [3.63, 3.8) is 0 Å². The van der Waals surface area contributed by atoms with E-state index in [-0.39, 0.29) is 0 Å². The monoisotopic (exact) mass is 369 g/mol. The second-order valence-electron chi connectivity index (χ2n) is 4.96. The summed E-state index contributed by atoms with van der Waals surface area (Å²) < 4.78 is 6.81. The zero-order chi connectivity index (χ0) is 15.9. The minimum Gasteiger partial charge on any atom is -0.473 e. The molecule has 0 aliphatic carbocycles. The molecule has 0 fully saturated rings. The Balaban J connectivity index is 1.64. The van der Waals surface area contributed by atoms with E-state index < -0.39 is 0 Å². The van der Waals surface area contributed by atoms with E-state index in [1.165, 1.54) is 0 Å². The third-order valence-corrected chi connectivity index (χ3v) is 3.72. The van der Waals surface area contributed by atoms with Gasteiger partial charge in [-0.15, -0.1) is 0 Å². The van der Waals surface area contributed by atoms with E-state index in [9.17, 15) is 0 Å². The maximum absolute atomic E-state index is 5.85. The maximum atomic E-state index is 5.85. The predicted octanol–water partition coefficient (Wildman–Crippen LogP) is 4.43. The van der Waals surface area contributed by atoms with E-state index in [2.05, 4.69) is 31.2 Å². The van der Waals surface area contributed by atoms with Gasteiger partial charge in [-0.05, 0) is 39.7 Å². The lowest BCUT2D eigenvalue weighted by Gasteiger charge is -2.11. The van der Waals surface area contributed by atoms with Crippen LogP contribution in [-0.2, 0) is 13.2 Å². The van der Waals surface area contributed by atoms with Gasteiger partial charge in [-0.25, -0.2) is 9.97 Å². The fraction of sp³-hybridized carbons (Fsp3) is 0.111. The van der Waals surface area contributed by atoms with Crippen molar-refractivity contribution in [2.45, 2.75) is 13.2 Å². The van der Waals surface area contributed by atoms with Crippen LogP contribution in [0.5, 0.6) is 5.88 Å². The predicted molar refractivity (Wildman–Crippen MR) is 94.3 cm³/mol. The molecule has 0 aliphatic heterocycles. The lowest BCUT2D eigenvalue weighted by atomic mass is 10.2. The largest absolute Gasteiger partial charge is 0.473 e. The van der Waals surface area contributed by atoms with Crippen molar-refractivity contribution in [2.24, 2.45) is 0 Å². The van der Waals surface area contributed by atoms with E-state index in [1.54, 1.807) is 12.4 Å². The normalized spacial score (nSPS) is 10.3. The third kappa shape index (κ3) is 4.53. The van der Waals surface area contributed by atoms with E-state index in [4.69, 9.17) is 4.74 Å². The fourth-order valence-corrected chi connectivity index (χ4v) is 2.32. The highest BCUT2D eigenvalue weighted by molar-refractivity contribution is 9.10. The molecule has 0 saturated carbocycles. The Hall–Kier alpha value is -2.40. The number of hydrogen-bond acceptors (Lipinski definition) is 4. The molecule has 5 heteroatoms. The Labute approximate surface area is 143 Å². The number of benzene rings is 1. The van der Waals surface area contributed by atoms with Crippen molar-refractivity contribution in [1.82, 2.24) is 9.97 Å². The standard InChI is InChI=1S/C18H16BrN3O/c19-16-8-9-17(22-12-16)21-11-15-7-4-10-20-18(15)23-13-14-5-2-1-3-6-14/h1-10,12H,11,13H2,(H,21,22). The summed E-state index contributed by atoms with van der Waals surface area (Å²) in [6, 6.07) is 17.8. The summed E-state index contributed by atoms with van der Waals surface area (Å²) in [5, 5.41) is 3.27. The molecule has 2 heterocycles. The van der Waals surface area contributed by atoms with E-state index in [1.807, 2.05) is 54.6 Å². The van der Waals surface area contributed by atoms with Gasteiger partial charge in [-0.2, -0.15) is 0 Å². The molecule has 3 rings (SSSR count). The molecule has 0 atom stereocenters. The van der Waals surface area contributed by atoms with Gasteiger partial charge in [0.2, 0.25) is 5.88 Å². The van der Waals surface area contributed by atoms with Crippen LogP contribution in [0.25, 0.3) is 0 Å². The third-order valence-electron chi connectivity index (χ3n) is 3.26. The van der Waals surface area contributed by atoms with Crippen LogP contribution in [0.2, 0.25) is 0 Å². The number of rotatable bonds is 6. The summed E-state index contributed by atoms with van der Waals surface area (Å²) in [4.78, 5) is 8.63. The summed E-state index contributed by atoms with van der Waals surface area (Å²) >= 11 is 3.38. The second-order valence-corrected chi connectivity index (χ2v) is 5.87. The van der Waals surface area contributed by atoms with Crippen LogP contribution >= 0.6 is 15.9 Å². The molecule has 1 aromatic carbocycles. The van der Waals surface area contributed by atoms with Gasteiger partial charge < -0.3 is 10.1 Å². The molecule has 0 spiro atoms. The highest BCUT2D eigenvalue weighted by atomic mass is 79.9. The topological polar surface area (TPSA) is 47.0 Å². The highest BCUT2D eigenvalue weighted by Crippen LogP contribution is 2.18. The number of ether oxygens (including phenoxy) is 1. The zero-order valence-corrected chi connectivity index (χ0v) is 14.0. The van der Waals surface area contributed by atoms with Gasteiger partial charge in [-0.1, -0.05) is 36.4 Å². The first-order valence-electron chi connectivity index (χ1n) is 7.27. The van der Waals surface area contributed by atoms with Gasteiger partial charge in [0.25, 0.3) is 0 Å². The van der Waals surface area contributed by atoms with Crippen molar-refractivity contribution in [1.29, 1.82) is 0 Å². The molecule has 0 aliphatic rings. The number of nitrogens with zero attached hydrogens (tertiary/aromatic N) is 2. The number of halogens is 1. The molecule has 0 saturated heterocycles. The summed E-state index contributed by atoms with van der Waals surface area (Å²) in [5.74, 6) is 1.45. The van der Waals surface area contributed by atoms with Crippen LogP contribution in [-0.4, -0.2) is 9.97 Å². The second kappa shape index (κ2) is 7.74. The van der Waals surface area contributed by atoms with Crippen LogP contribution in [0.4, 0.5) is 5.82 Å². The van der Waals surface area contributed by atoms with Gasteiger partial charge in [0.15, 0.2) is 0 Å². The minimum atomic E-state index is 0.501. The number of hydrogen-bond donors (Lipinski definition) is 1. The zero-order valence-electron chi connectivity index (χ0n) is 12.4. The van der Waals surface area contributed by atoms with Crippen LogP contribution in [0.15, 0.2) is 71.5 Å². The first kappa shape index (κ1) is 15.5. The van der Waals surface area contributed by atoms with Crippen molar-refractivity contribution >= 4 is 21.7 Å². The van der Waals surface area contributed by atoms with Gasteiger partial charge >= 0.3 is 0 Å². The number of anilines is 1. The average molecular weight is 370 g/mol. The first-order valence-corrected chi connectivity index (χ1v) is 8.06. The van der Waals surface area contributed by atoms with E-state index in [0.29, 0.717) is 19.0 Å². The molecule has 0 unspecified atom stereocenters. The average Bonchev–Trinajstić information content (AvgIpc) is 2.61. The Morgan fingerprint density at radius 2 is 1.83 bits per heavy atom. The Morgan fingerprint density at radius 1 is 0.957 bits per heavy atom. The van der Waals surface area contributed by atoms with E-state index >= 15 is 0 Å². The van der Waals surface area contributed by atoms with Crippen molar-refractivity contribution < 1.29 is 4.74 Å². The number of nitrogens with one attached hydrogen (secondary N) is 1. The molecule has 1 N–H and O–H groups in total. The van der Waals surface area contributed by atoms with Crippen LogP contribution < -0.4 is 10.1 Å². The molecular formula is C18H16BrN3O.